The largest absolute Gasteiger partial charge is 0.342 e. The van der Waals surface area contributed by atoms with Crippen LogP contribution >= 0.6 is 11.8 Å². The third-order valence-electron chi connectivity index (χ3n) is 3.53. The van der Waals surface area contributed by atoms with Gasteiger partial charge in [0.15, 0.2) is 5.69 Å². The Labute approximate surface area is 149 Å². The summed E-state index contributed by atoms with van der Waals surface area (Å²) in [5.41, 5.74) is 2.96. The van der Waals surface area contributed by atoms with E-state index in [9.17, 15) is 9.59 Å². The molecule has 0 aliphatic heterocycles. The zero-order valence-electron chi connectivity index (χ0n) is 13.7. The third-order valence-corrected chi connectivity index (χ3v) is 4.16. The van der Waals surface area contributed by atoms with Crippen molar-refractivity contribution in [1.29, 1.82) is 0 Å². The second-order valence-corrected chi connectivity index (χ2v) is 6.33. The van der Waals surface area contributed by atoms with Gasteiger partial charge in [-0.05, 0) is 42.2 Å². The van der Waals surface area contributed by atoms with E-state index in [1.807, 2.05) is 48.7 Å². The fraction of sp³-hybridized carbons (Fsp3) is 0.167. The quantitative estimate of drug-likeness (QED) is 0.713. The number of hydrogen-bond acceptors (Lipinski definition) is 4. The Morgan fingerprint density at radius 3 is 2.84 bits per heavy atom. The molecule has 0 aliphatic rings. The third kappa shape index (κ3) is 4.39. The van der Waals surface area contributed by atoms with E-state index >= 15 is 0 Å². The highest BCUT2D eigenvalue weighted by atomic mass is 32.2. The van der Waals surface area contributed by atoms with E-state index < -0.39 is 0 Å². The lowest BCUT2D eigenvalue weighted by molar-refractivity contribution is -0.115. The molecule has 0 atom stereocenters. The smallest absolute Gasteiger partial charge is 0.272 e. The molecule has 2 aromatic heterocycles. The minimum atomic E-state index is -0.380. The van der Waals surface area contributed by atoms with E-state index in [4.69, 9.17) is 0 Å². The van der Waals surface area contributed by atoms with Crippen LogP contribution in [0.5, 0.6) is 0 Å². The molecule has 1 aromatic carbocycles. The molecule has 2 amide bonds. The molecule has 3 rings (SSSR count). The van der Waals surface area contributed by atoms with Crippen LogP contribution < -0.4 is 10.6 Å². The molecule has 7 heteroatoms. The summed E-state index contributed by atoms with van der Waals surface area (Å²) in [5, 5.41) is 9.55. The van der Waals surface area contributed by atoms with Crippen molar-refractivity contribution in [3.05, 3.63) is 66.0 Å². The van der Waals surface area contributed by atoms with Crippen LogP contribution in [0.2, 0.25) is 0 Å². The Kier molecular flexibility index (Phi) is 5.35. The SMILES string of the molecule is CSCc1cccc(NC(=O)CNC(=O)c2cc3ccccn3n2)c1. The fourth-order valence-corrected chi connectivity index (χ4v) is 2.92. The number of thioether (sulfide) groups is 1. The summed E-state index contributed by atoms with van der Waals surface area (Å²) in [6.45, 7) is -0.112. The summed E-state index contributed by atoms with van der Waals surface area (Å²) in [6, 6.07) is 14.9. The van der Waals surface area contributed by atoms with Crippen LogP contribution in [0.1, 0.15) is 16.1 Å². The molecule has 0 saturated carbocycles. The van der Waals surface area contributed by atoms with Gasteiger partial charge in [-0.3, -0.25) is 9.59 Å². The number of benzene rings is 1. The highest BCUT2D eigenvalue weighted by molar-refractivity contribution is 7.97. The Bertz CT molecular complexity index is 874. The van der Waals surface area contributed by atoms with Gasteiger partial charge in [0.05, 0.1) is 12.1 Å². The molecule has 0 spiro atoms. The van der Waals surface area contributed by atoms with E-state index in [0.717, 1.165) is 22.5 Å². The zero-order valence-corrected chi connectivity index (χ0v) is 14.5. The van der Waals surface area contributed by atoms with Crippen molar-refractivity contribution in [1.82, 2.24) is 14.9 Å². The van der Waals surface area contributed by atoms with Crippen molar-refractivity contribution >= 4 is 34.8 Å². The first-order valence-electron chi connectivity index (χ1n) is 7.76. The number of pyridine rings is 1. The summed E-state index contributed by atoms with van der Waals surface area (Å²) < 4.78 is 1.62. The second-order valence-electron chi connectivity index (χ2n) is 5.46. The average Bonchev–Trinajstić information content (AvgIpc) is 3.04. The maximum Gasteiger partial charge on any atom is 0.272 e. The van der Waals surface area contributed by atoms with Gasteiger partial charge in [0.25, 0.3) is 5.91 Å². The van der Waals surface area contributed by atoms with E-state index in [1.165, 1.54) is 0 Å². The van der Waals surface area contributed by atoms with Crippen LogP contribution in [0.4, 0.5) is 5.69 Å². The van der Waals surface area contributed by atoms with E-state index in [-0.39, 0.29) is 24.1 Å². The number of anilines is 1. The minimum absolute atomic E-state index is 0.112. The number of nitrogens with one attached hydrogen (secondary N) is 2. The molecule has 3 aromatic rings. The number of carbonyl (C=O) groups excluding carboxylic acids is 2. The van der Waals surface area contributed by atoms with E-state index in [0.29, 0.717) is 0 Å². The molecule has 2 N–H and O–H groups in total. The summed E-state index contributed by atoms with van der Waals surface area (Å²) in [7, 11) is 0. The summed E-state index contributed by atoms with van der Waals surface area (Å²) in [4.78, 5) is 24.2. The number of carbonyl (C=O) groups is 2. The Hall–Kier alpha value is -2.80. The molecule has 0 aliphatic carbocycles. The predicted molar refractivity (Wildman–Crippen MR) is 99.8 cm³/mol. The van der Waals surface area contributed by atoms with Gasteiger partial charge in [-0.2, -0.15) is 16.9 Å². The first-order valence-corrected chi connectivity index (χ1v) is 9.15. The lowest BCUT2D eigenvalue weighted by atomic mass is 10.2. The first-order chi connectivity index (χ1) is 12.2. The van der Waals surface area contributed by atoms with Gasteiger partial charge in [0, 0.05) is 17.6 Å². The van der Waals surface area contributed by atoms with Gasteiger partial charge >= 0.3 is 0 Å². The molecular formula is C18H18N4O2S. The van der Waals surface area contributed by atoms with Crippen LogP contribution in [0.25, 0.3) is 5.52 Å². The zero-order chi connectivity index (χ0) is 17.6. The molecule has 0 fully saturated rings. The lowest BCUT2D eigenvalue weighted by Gasteiger charge is -2.07. The van der Waals surface area contributed by atoms with Crippen LogP contribution in [0.3, 0.4) is 0 Å². The normalized spacial score (nSPS) is 10.6. The summed E-state index contributed by atoms with van der Waals surface area (Å²) in [5.74, 6) is 0.224. The van der Waals surface area contributed by atoms with Crippen molar-refractivity contribution in [3.8, 4) is 0 Å². The number of amides is 2. The monoisotopic (exact) mass is 354 g/mol. The Balaban J connectivity index is 1.56. The average molecular weight is 354 g/mol. The topological polar surface area (TPSA) is 75.5 Å². The van der Waals surface area contributed by atoms with Gasteiger partial charge in [-0.1, -0.05) is 18.2 Å². The van der Waals surface area contributed by atoms with Crippen molar-refractivity contribution in [3.63, 3.8) is 0 Å². The van der Waals surface area contributed by atoms with Gasteiger partial charge in [-0.25, -0.2) is 4.52 Å². The Morgan fingerprint density at radius 2 is 2.04 bits per heavy atom. The highest BCUT2D eigenvalue weighted by Crippen LogP contribution is 2.14. The van der Waals surface area contributed by atoms with Crippen LogP contribution in [0, 0.1) is 0 Å². The minimum Gasteiger partial charge on any atom is -0.342 e. The number of fused-ring (bicyclic) bond motifs is 1. The number of hydrogen-bond donors (Lipinski definition) is 2. The number of nitrogens with zero attached hydrogens (tertiary/aromatic N) is 2. The van der Waals surface area contributed by atoms with E-state index in [1.54, 1.807) is 28.5 Å². The second kappa shape index (κ2) is 7.85. The molecule has 0 saturated heterocycles. The van der Waals surface area contributed by atoms with Crippen molar-refractivity contribution in [2.24, 2.45) is 0 Å². The molecule has 2 heterocycles. The molecule has 0 radical (unpaired) electrons. The van der Waals surface area contributed by atoms with Gasteiger partial charge in [0.2, 0.25) is 5.91 Å². The van der Waals surface area contributed by atoms with Crippen molar-refractivity contribution in [2.45, 2.75) is 5.75 Å². The number of aromatic nitrogens is 2. The Morgan fingerprint density at radius 1 is 1.16 bits per heavy atom. The molecule has 25 heavy (non-hydrogen) atoms. The standard InChI is InChI=1S/C18H18N4O2S/c1-25-12-13-5-4-6-14(9-13)20-17(23)11-19-18(24)16-10-15-7-2-3-8-22(15)21-16/h2-10H,11-12H2,1H3,(H,19,24)(H,20,23). The first kappa shape index (κ1) is 17.0. The van der Waals surface area contributed by atoms with E-state index in [2.05, 4.69) is 15.7 Å². The predicted octanol–water partition coefficient (Wildman–Crippen LogP) is 2.57. The molecule has 6 nitrogen and oxygen atoms in total. The fourth-order valence-electron chi connectivity index (χ4n) is 2.41. The highest BCUT2D eigenvalue weighted by Gasteiger charge is 2.12. The molecule has 0 unspecified atom stereocenters. The molecule has 0 bridgehead atoms. The number of rotatable bonds is 6. The molecular weight excluding hydrogens is 336 g/mol. The van der Waals surface area contributed by atoms with Crippen molar-refractivity contribution in [2.75, 3.05) is 18.1 Å². The van der Waals surface area contributed by atoms with Gasteiger partial charge in [0.1, 0.15) is 0 Å². The maximum absolute atomic E-state index is 12.1. The summed E-state index contributed by atoms with van der Waals surface area (Å²) >= 11 is 1.72. The van der Waals surface area contributed by atoms with Gasteiger partial charge in [-0.15, -0.1) is 0 Å². The van der Waals surface area contributed by atoms with Crippen LogP contribution in [0.15, 0.2) is 54.7 Å². The van der Waals surface area contributed by atoms with Crippen molar-refractivity contribution < 1.29 is 9.59 Å². The van der Waals surface area contributed by atoms with Crippen LogP contribution in [-0.4, -0.2) is 34.2 Å². The summed E-state index contributed by atoms with van der Waals surface area (Å²) in [6.07, 6.45) is 3.79. The maximum atomic E-state index is 12.1. The molecule has 128 valence electrons. The van der Waals surface area contributed by atoms with Gasteiger partial charge < -0.3 is 10.6 Å². The van der Waals surface area contributed by atoms with Crippen LogP contribution in [-0.2, 0) is 10.5 Å². The lowest BCUT2D eigenvalue weighted by Crippen LogP contribution is -2.33.